The van der Waals surface area contributed by atoms with Gasteiger partial charge in [0.25, 0.3) is 0 Å². The fourth-order valence-corrected chi connectivity index (χ4v) is 2.71. The highest BCUT2D eigenvalue weighted by Crippen LogP contribution is 2.28. The molecule has 1 amide bonds. The summed E-state index contributed by atoms with van der Waals surface area (Å²) in [6.07, 6.45) is 5.53. The lowest BCUT2D eigenvalue weighted by Gasteiger charge is -2.08. The van der Waals surface area contributed by atoms with Crippen molar-refractivity contribution in [2.24, 2.45) is 4.99 Å². The summed E-state index contributed by atoms with van der Waals surface area (Å²) in [5, 5.41) is 10.3. The van der Waals surface area contributed by atoms with Crippen molar-refractivity contribution in [1.82, 2.24) is 24.6 Å². The largest absolute Gasteiger partial charge is 0.323 e. The third-order valence-corrected chi connectivity index (χ3v) is 3.67. The summed E-state index contributed by atoms with van der Waals surface area (Å²) in [4.78, 5) is 29.1. The Morgan fingerprint density at radius 2 is 2.15 bits per heavy atom. The molecule has 0 unspecified atom stereocenters. The number of aryl methyl sites for hydroxylation is 1. The molecular weight excluding hydrogens is 332 g/mol. The Morgan fingerprint density at radius 3 is 2.92 bits per heavy atom. The summed E-state index contributed by atoms with van der Waals surface area (Å²) in [7, 11) is 0. The second-order valence-corrected chi connectivity index (χ2v) is 5.72. The molecule has 0 aromatic carbocycles. The maximum atomic E-state index is 11.4. The van der Waals surface area contributed by atoms with Gasteiger partial charge >= 0.3 is 0 Å². The number of aromatic nitrogens is 5. The normalized spacial score (nSPS) is 13.1. The van der Waals surface area contributed by atoms with Crippen LogP contribution in [0.5, 0.6) is 0 Å². The molecule has 0 saturated heterocycles. The fraction of sp³-hybridized carbons (Fsp3) is 0.176. The quantitative estimate of drug-likeness (QED) is 0.747. The molecule has 130 valence electrons. The molecule has 0 atom stereocenters. The van der Waals surface area contributed by atoms with Gasteiger partial charge in [0.1, 0.15) is 23.2 Å². The SMILES string of the molecule is CC(=O)Nc1cc(-c2c(NC3=NCC=C3)nc3cccnn23)nc(C)n1. The first-order valence-corrected chi connectivity index (χ1v) is 8.05. The molecule has 9 heteroatoms. The number of hydrogen-bond acceptors (Lipinski definition) is 7. The van der Waals surface area contributed by atoms with E-state index < -0.39 is 0 Å². The van der Waals surface area contributed by atoms with Crippen LogP contribution in [-0.2, 0) is 4.79 Å². The molecule has 0 spiro atoms. The van der Waals surface area contributed by atoms with E-state index in [1.807, 2.05) is 24.3 Å². The van der Waals surface area contributed by atoms with E-state index in [4.69, 9.17) is 0 Å². The van der Waals surface area contributed by atoms with Crippen LogP contribution in [0, 0.1) is 6.92 Å². The maximum absolute atomic E-state index is 11.4. The van der Waals surface area contributed by atoms with Crippen LogP contribution in [0.4, 0.5) is 11.6 Å². The van der Waals surface area contributed by atoms with Crippen LogP contribution in [-0.4, -0.2) is 42.9 Å². The zero-order chi connectivity index (χ0) is 18.1. The summed E-state index contributed by atoms with van der Waals surface area (Å²) >= 11 is 0. The number of aliphatic imine (C=N–C) groups is 1. The van der Waals surface area contributed by atoms with E-state index in [1.165, 1.54) is 6.92 Å². The smallest absolute Gasteiger partial charge is 0.222 e. The number of imidazole rings is 1. The van der Waals surface area contributed by atoms with Crippen molar-refractivity contribution >= 4 is 29.0 Å². The van der Waals surface area contributed by atoms with Crippen molar-refractivity contribution in [1.29, 1.82) is 0 Å². The highest BCUT2D eigenvalue weighted by molar-refractivity contribution is 6.06. The predicted octanol–water partition coefficient (Wildman–Crippen LogP) is 1.83. The first kappa shape index (κ1) is 15.9. The van der Waals surface area contributed by atoms with Gasteiger partial charge in [-0.1, -0.05) is 6.08 Å². The zero-order valence-corrected chi connectivity index (χ0v) is 14.3. The van der Waals surface area contributed by atoms with Crippen molar-refractivity contribution in [3.05, 3.63) is 42.4 Å². The minimum absolute atomic E-state index is 0.200. The Labute approximate surface area is 148 Å². The Bertz CT molecular complexity index is 1070. The van der Waals surface area contributed by atoms with E-state index in [-0.39, 0.29) is 5.91 Å². The van der Waals surface area contributed by atoms with Crippen molar-refractivity contribution in [2.75, 3.05) is 17.2 Å². The lowest BCUT2D eigenvalue weighted by Crippen LogP contribution is -2.11. The van der Waals surface area contributed by atoms with Gasteiger partial charge < -0.3 is 10.6 Å². The highest BCUT2D eigenvalue weighted by Gasteiger charge is 2.19. The average Bonchev–Trinajstić information content (AvgIpc) is 3.21. The van der Waals surface area contributed by atoms with Gasteiger partial charge in [0.2, 0.25) is 5.91 Å². The number of amides is 1. The lowest BCUT2D eigenvalue weighted by atomic mass is 10.2. The number of carbonyl (C=O) groups is 1. The van der Waals surface area contributed by atoms with Crippen LogP contribution < -0.4 is 10.6 Å². The summed E-state index contributed by atoms with van der Waals surface area (Å²) in [5.41, 5.74) is 1.93. The average molecular weight is 348 g/mol. The lowest BCUT2D eigenvalue weighted by molar-refractivity contribution is -0.114. The van der Waals surface area contributed by atoms with E-state index in [0.717, 1.165) is 5.84 Å². The standard InChI is InChI=1S/C17H16N8O/c1-10-20-12(9-14(21-10)22-11(2)26)16-17(23-13-5-3-7-18-13)24-15-6-4-8-19-25(15)16/h3-6,8-9H,7H2,1-2H3,(H,18,23)(H,20,21,22,26). The summed E-state index contributed by atoms with van der Waals surface area (Å²) in [6.45, 7) is 3.84. The van der Waals surface area contributed by atoms with Crippen LogP contribution in [0.3, 0.4) is 0 Å². The van der Waals surface area contributed by atoms with Gasteiger partial charge in [0, 0.05) is 19.2 Å². The summed E-state index contributed by atoms with van der Waals surface area (Å²) in [5.74, 6) is 2.06. The van der Waals surface area contributed by atoms with Gasteiger partial charge in [-0.2, -0.15) is 5.10 Å². The molecule has 0 saturated carbocycles. The fourth-order valence-electron chi connectivity index (χ4n) is 2.71. The molecule has 2 N–H and O–H groups in total. The number of nitrogens with zero attached hydrogens (tertiary/aromatic N) is 6. The van der Waals surface area contributed by atoms with E-state index in [2.05, 4.69) is 35.7 Å². The van der Waals surface area contributed by atoms with Crippen molar-refractivity contribution in [3.8, 4) is 11.4 Å². The van der Waals surface area contributed by atoms with Gasteiger partial charge in [0.05, 0.1) is 12.2 Å². The monoisotopic (exact) mass is 348 g/mol. The van der Waals surface area contributed by atoms with E-state index in [0.29, 0.717) is 41.0 Å². The van der Waals surface area contributed by atoms with Crippen LogP contribution in [0.25, 0.3) is 17.0 Å². The molecule has 26 heavy (non-hydrogen) atoms. The first-order valence-electron chi connectivity index (χ1n) is 8.05. The highest BCUT2D eigenvalue weighted by atomic mass is 16.1. The summed E-state index contributed by atoms with van der Waals surface area (Å²) in [6, 6.07) is 5.37. The zero-order valence-electron chi connectivity index (χ0n) is 14.3. The second-order valence-electron chi connectivity index (χ2n) is 5.72. The number of rotatable bonds is 3. The Morgan fingerprint density at radius 1 is 1.27 bits per heavy atom. The van der Waals surface area contributed by atoms with Gasteiger partial charge in [-0.25, -0.2) is 19.5 Å². The molecule has 9 nitrogen and oxygen atoms in total. The molecule has 4 heterocycles. The first-order chi connectivity index (χ1) is 12.6. The van der Waals surface area contributed by atoms with Gasteiger partial charge in [0.15, 0.2) is 11.5 Å². The van der Waals surface area contributed by atoms with Crippen LogP contribution >= 0.6 is 0 Å². The van der Waals surface area contributed by atoms with Crippen LogP contribution in [0.15, 0.2) is 41.5 Å². The molecule has 1 aliphatic heterocycles. The molecule has 4 rings (SSSR count). The minimum Gasteiger partial charge on any atom is -0.323 e. The number of carbonyl (C=O) groups excluding carboxylic acids is 1. The van der Waals surface area contributed by atoms with Crippen molar-refractivity contribution < 1.29 is 4.79 Å². The third kappa shape index (κ3) is 3.02. The van der Waals surface area contributed by atoms with E-state index >= 15 is 0 Å². The molecule has 1 aliphatic rings. The van der Waals surface area contributed by atoms with E-state index in [1.54, 1.807) is 23.7 Å². The van der Waals surface area contributed by atoms with Crippen LogP contribution in [0.1, 0.15) is 12.7 Å². The van der Waals surface area contributed by atoms with Crippen molar-refractivity contribution in [3.63, 3.8) is 0 Å². The maximum Gasteiger partial charge on any atom is 0.222 e. The Hall–Kier alpha value is -3.62. The van der Waals surface area contributed by atoms with Gasteiger partial charge in [-0.15, -0.1) is 0 Å². The molecule has 3 aromatic rings. The minimum atomic E-state index is -0.200. The van der Waals surface area contributed by atoms with Crippen LogP contribution in [0.2, 0.25) is 0 Å². The number of nitrogens with one attached hydrogen (secondary N) is 2. The van der Waals surface area contributed by atoms with E-state index in [9.17, 15) is 4.79 Å². The Balaban J connectivity index is 1.88. The number of fused-ring (bicyclic) bond motifs is 1. The topological polar surface area (TPSA) is 109 Å². The number of hydrogen-bond donors (Lipinski definition) is 2. The summed E-state index contributed by atoms with van der Waals surface area (Å²) < 4.78 is 1.70. The number of amidine groups is 1. The number of anilines is 2. The van der Waals surface area contributed by atoms with Gasteiger partial charge in [-0.3, -0.25) is 9.79 Å². The molecule has 3 aromatic heterocycles. The second kappa shape index (κ2) is 6.36. The van der Waals surface area contributed by atoms with Crippen molar-refractivity contribution in [2.45, 2.75) is 13.8 Å². The molecular formula is C17H16N8O. The predicted molar refractivity (Wildman–Crippen MR) is 98.1 cm³/mol. The molecule has 0 bridgehead atoms. The Kier molecular flexibility index (Phi) is 3.88. The molecule has 0 aliphatic carbocycles. The van der Waals surface area contributed by atoms with Gasteiger partial charge in [-0.05, 0) is 25.1 Å². The molecule has 0 radical (unpaired) electrons. The third-order valence-electron chi connectivity index (χ3n) is 3.67. The molecule has 0 fully saturated rings.